The maximum Gasteiger partial charge on any atom is 0.306 e. The number of rotatable bonds is 54. The molecule has 0 saturated carbocycles. The Hall–Kier alpha value is -2.63. The Morgan fingerprint density at radius 2 is 0.544 bits per heavy atom. The summed E-state index contributed by atoms with van der Waals surface area (Å²) in [5.41, 5.74) is 0. The van der Waals surface area contributed by atoms with Crippen LogP contribution in [0.3, 0.4) is 0 Å². The van der Waals surface area contributed by atoms with Crippen LogP contribution in [0.2, 0.25) is 0 Å². The second kappa shape index (κ2) is 57.0. The summed E-state index contributed by atoms with van der Waals surface area (Å²) in [6, 6.07) is 0. The van der Waals surface area contributed by atoms with Gasteiger partial charge in [0.2, 0.25) is 0 Å². The van der Waals surface area contributed by atoms with E-state index >= 15 is 0 Å². The molecule has 0 aromatic rings. The van der Waals surface area contributed by atoms with Crippen LogP contribution in [-0.2, 0) is 28.6 Å². The topological polar surface area (TPSA) is 78.9 Å². The molecule has 6 nitrogen and oxygen atoms in total. The Bertz CT molecular complexity index is 1190. The second-order valence-electron chi connectivity index (χ2n) is 19.9. The van der Waals surface area contributed by atoms with Crippen LogP contribution in [0.15, 0.2) is 48.6 Å². The summed E-state index contributed by atoms with van der Waals surface area (Å²) < 4.78 is 16.8. The van der Waals surface area contributed by atoms with Crippen molar-refractivity contribution in [3.05, 3.63) is 48.6 Å². The molecule has 1 atom stereocenters. The smallest absolute Gasteiger partial charge is 0.306 e. The summed E-state index contributed by atoms with van der Waals surface area (Å²) >= 11 is 0. The molecule has 68 heavy (non-hydrogen) atoms. The van der Waals surface area contributed by atoms with Crippen LogP contribution in [0.4, 0.5) is 0 Å². The predicted molar refractivity (Wildman–Crippen MR) is 293 cm³/mol. The van der Waals surface area contributed by atoms with Crippen molar-refractivity contribution in [2.45, 2.75) is 316 Å². The molecule has 0 bridgehead atoms. The van der Waals surface area contributed by atoms with E-state index in [9.17, 15) is 14.4 Å². The fourth-order valence-electron chi connectivity index (χ4n) is 8.61. The largest absolute Gasteiger partial charge is 0.462 e. The monoisotopic (exact) mass is 953 g/mol. The molecule has 0 aliphatic heterocycles. The van der Waals surface area contributed by atoms with E-state index in [2.05, 4.69) is 69.4 Å². The molecule has 0 aliphatic rings. The molecule has 0 spiro atoms. The first-order valence-electron chi connectivity index (χ1n) is 29.6. The highest BCUT2D eigenvalue weighted by Crippen LogP contribution is 2.17. The normalized spacial score (nSPS) is 12.3. The zero-order valence-electron chi connectivity index (χ0n) is 45.4. The van der Waals surface area contributed by atoms with Crippen LogP contribution in [-0.4, -0.2) is 37.2 Å². The summed E-state index contributed by atoms with van der Waals surface area (Å²) in [7, 11) is 0. The van der Waals surface area contributed by atoms with Gasteiger partial charge in [0, 0.05) is 19.3 Å². The number of hydrogen-bond acceptors (Lipinski definition) is 6. The van der Waals surface area contributed by atoms with E-state index in [1.807, 2.05) is 0 Å². The standard InChI is InChI=1S/C62H112O6/c1-4-7-10-13-16-19-22-25-28-30-31-33-34-37-40-43-46-49-52-55-61(64)67-58-59(57-66-60(63)54-51-48-45-42-39-36-27-24-21-18-15-12-9-6-3)68-62(65)56-53-50-47-44-41-38-35-32-29-26-23-20-17-14-11-8-5-2/h17,20,26,29,35,38,44,47,59H,4-16,18-19,21-25,27-28,30-34,36-37,39-43,45-46,48-58H2,1-3H3/b20-17-,29-26-,38-35-,47-44-. The van der Waals surface area contributed by atoms with Gasteiger partial charge in [0.05, 0.1) is 0 Å². The average Bonchev–Trinajstić information content (AvgIpc) is 3.34. The number of ether oxygens (including phenoxy) is 3. The molecule has 0 aliphatic carbocycles. The Kier molecular flexibility index (Phi) is 54.8. The lowest BCUT2D eigenvalue weighted by Gasteiger charge is -2.18. The maximum absolute atomic E-state index is 12.8. The Morgan fingerprint density at radius 3 is 0.868 bits per heavy atom. The van der Waals surface area contributed by atoms with Gasteiger partial charge < -0.3 is 14.2 Å². The van der Waals surface area contributed by atoms with Gasteiger partial charge in [0.1, 0.15) is 13.2 Å². The van der Waals surface area contributed by atoms with Crippen molar-refractivity contribution in [3.8, 4) is 0 Å². The molecule has 0 N–H and O–H groups in total. The van der Waals surface area contributed by atoms with E-state index < -0.39 is 6.10 Å². The molecule has 0 amide bonds. The van der Waals surface area contributed by atoms with Gasteiger partial charge in [0.25, 0.3) is 0 Å². The number of hydrogen-bond donors (Lipinski definition) is 0. The van der Waals surface area contributed by atoms with Crippen LogP contribution < -0.4 is 0 Å². The van der Waals surface area contributed by atoms with Crippen LogP contribution in [0.25, 0.3) is 0 Å². The van der Waals surface area contributed by atoms with Crippen molar-refractivity contribution in [2.75, 3.05) is 13.2 Å². The Morgan fingerprint density at radius 1 is 0.294 bits per heavy atom. The van der Waals surface area contributed by atoms with Gasteiger partial charge in [-0.2, -0.15) is 0 Å². The van der Waals surface area contributed by atoms with Crippen molar-refractivity contribution in [2.24, 2.45) is 0 Å². The van der Waals surface area contributed by atoms with E-state index in [1.54, 1.807) is 0 Å². The summed E-state index contributed by atoms with van der Waals surface area (Å²) in [6.07, 6.45) is 69.7. The number of carbonyl (C=O) groups is 3. The van der Waals surface area contributed by atoms with E-state index in [4.69, 9.17) is 14.2 Å². The zero-order chi connectivity index (χ0) is 49.3. The van der Waals surface area contributed by atoms with Gasteiger partial charge in [-0.05, 0) is 57.8 Å². The maximum atomic E-state index is 12.8. The lowest BCUT2D eigenvalue weighted by atomic mass is 10.0. The van der Waals surface area contributed by atoms with E-state index in [-0.39, 0.29) is 37.5 Å². The summed E-state index contributed by atoms with van der Waals surface area (Å²) in [6.45, 7) is 6.61. The van der Waals surface area contributed by atoms with Crippen LogP contribution in [0.1, 0.15) is 310 Å². The van der Waals surface area contributed by atoms with Gasteiger partial charge >= 0.3 is 17.9 Å². The molecular formula is C62H112O6. The second-order valence-corrected chi connectivity index (χ2v) is 19.9. The first kappa shape index (κ1) is 65.4. The minimum absolute atomic E-state index is 0.0903. The summed E-state index contributed by atoms with van der Waals surface area (Å²) in [4.78, 5) is 38.1. The molecule has 0 saturated heterocycles. The van der Waals surface area contributed by atoms with Gasteiger partial charge in [0.15, 0.2) is 6.10 Å². The molecule has 0 fully saturated rings. The Labute approximate surface area is 422 Å². The molecule has 6 heteroatoms. The molecule has 0 radical (unpaired) electrons. The highest BCUT2D eigenvalue weighted by molar-refractivity contribution is 5.71. The van der Waals surface area contributed by atoms with Crippen LogP contribution >= 0.6 is 0 Å². The van der Waals surface area contributed by atoms with Gasteiger partial charge in [-0.25, -0.2) is 0 Å². The first-order chi connectivity index (χ1) is 33.5. The molecule has 0 aromatic heterocycles. The SMILES string of the molecule is CCCCC/C=C\C/C=C\C/C=C\C/C=C\CCCC(=O)OC(COC(=O)CCCCCCCCCCCCCCCC)COC(=O)CCCCCCCCCCCCCCCCCCCCC. The lowest BCUT2D eigenvalue weighted by Crippen LogP contribution is -2.30. The predicted octanol–water partition coefficient (Wildman–Crippen LogP) is 19.8. The average molecular weight is 954 g/mol. The third kappa shape index (κ3) is 54.3. The van der Waals surface area contributed by atoms with Crippen LogP contribution in [0.5, 0.6) is 0 Å². The van der Waals surface area contributed by atoms with Crippen LogP contribution in [0, 0.1) is 0 Å². The van der Waals surface area contributed by atoms with Crippen molar-refractivity contribution in [3.63, 3.8) is 0 Å². The van der Waals surface area contributed by atoms with Gasteiger partial charge in [-0.3, -0.25) is 14.4 Å². The van der Waals surface area contributed by atoms with Crippen molar-refractivity contribution < 1.29 is 28.6 Å². The molecule has 396 valence electrons. The fourth-order valence-corrected chi connectivity index (χ4v) is 8.61. The summed E-state index contributed by atoms with van der Waals surface area (Å²) in [5, 5.41) is 0. The minimum atomic E-state index is -0.798. The molecule has 0 aromatic carbocycles. The lowest BCUT2D eigenvalue weighted by molar-refractivity contribution is -0.167. The molecule has 0 rings (SSSR count). The number of esters is 3. The molecule has 0 heterocycles. The van der Waals surface area contributed by atoms with Gasteiger partial charge in [-0.1, -0.05) is 281 Å². The van der Waals surface area contributed by atoms with E-state index in [1.165, 1.54) is 199 Å². The summed E-state index contributed by atoms with van der Waals surface area (Å²) in [5.74, 6) is -0.929. The van der Waals surface area contributed by atoms with Gasteiger partial charge in [-0.15, -0.1) is 0 Å². The number of unbranched alkanes of at least 4 members (excludes halogenated alkanes) is 35. The molecule has 1 unspecified atom stereocenters. The third-order valence-electron chi connectivity index (χ3n) is 13.1. The van der Waals surface area contributed by atoms with E-state index in [0.29, 0.717) is 19.3 Å². The quantitative estimate of drug-likeness (QED) is 0.0262. The zero-order valence-corrected chi connectivity index (χ0v) is 45.4. The van der Waals surface area contributed by atoms with Crippen molar-refractivity contribution in [1.82, 2.24) is 0 Å². The highest BCUT2D eigenvalue weighted by Gasteiger charge is 2.19. The first-order valence-corrected chi connectivity index (χ1v) is 29.6. The fraction of sp³-hybridized carbons (Fsp3) is 0.823. The van der Waals surface area contributed by atoms with Crippen molar-refractivity contribution in [1.29, 1.82) is 0 Å². The molecular weight excluding hydrogens is 841 g/mol. The number of allylic oxidation sites excluding steroid dienone is 8. The Balaban J connectivity index is 4.40. The third-order valence-corrected chi connectivity index (χ3v) is 13.1. The van der Waals surface area contributed by atoms with E-state index in [0.717, 1.165) is 64.2 Å². The number of carbonyl (C=O) groups excluding carboxylic acids is 3. The minimum Gasteiger partial charge on any atom is -0.462 e. The highest BCUT2D eigenvalue weighted by atomic mass is 16.6. The van der Waals surface area contributed by atoms with Crippen molar-refractivity contribution >= 4 is 17.9 Å².